The van der Waals surface area contributed by atoms with E-state index in [0.29, 0.717) is 31.3 Å². The van der Waals surface area contributed by atoms with E-state index in [1.807, 2.05) is 18.7 Å². The van der Waals surface area contributed by atoms with Crippen LogP contribution in [0.25, 0.3) is 0 Å². The van der Waals surface area contributed by atoms with Crippen LogP contribution in [0.3, 0.4) is 0 Å². The number of carbonyl (C=O) groups excluding carboxylic acids is 2. The Kier molecular flexibility index (Phi) is 6.45. The van der Waals surface area contributed by atoms with E-state index >= 15 is 0 Å². The van der Waals surface area contributed by atoms with Gasteiger partial charge in [0.15, 0.2) is 0 Å². The van der Waals surface area contributed by atoms with E-state index in [2.05, 4.69) is 12.2 Å². The van der Waals surface area contributed by atoms with Crippen LogP contribution in [0.5, 0.6) is 0 Å². The molecule has 2 amide bonds. The molecule has 1 saturated carbocycles. The van der Waals surface area contributed by atoms with Crippen molar-refractivity contribution < 1.29 is 14.7 Å². The first-order chi connectivity index (χ1) is 10.9. The van der Waals surface area contributed by atoms with Crippen LogP contribution < -0.4 is 5.32 Å². The molecule has 2 fully saturated rings. The highest BCUT2D eigenvalue weighted by molar-refractivity contribution is 5.89. The van der Waals surface area contributed by atoms with E-state index in [9.17, 15) is 14.7 Å². The molecule has 1 heterocycles. The van der Waals surface area contributed by atoms with Gasteiger partial charge >= 0.3 is 0 Å². The number of hydrogen-bond donors (Lipinski definition) is 2. The van der Waals surface area contributed by atoms with Crippen molar-refractivity contribution in [2.75, 3.05) is 13.1 Å². The predicted octanol–water partition coefficient (Wildman–Crippen LogP) is 1.94. The maximum absolute atomic E-state index is 12.3. The van der Waals surface area contributed by atoms with Crippen LogP contribution in [0.15, 0.2) is 0 Å². The molecule has 0 aromatic carbocycles. The summed E-state index contributed by atoms with van der Waals surface area (Å²) in [6, 6.07) is 0.322. The van der Waals surface area contributed by atoms with Gasteiger partial charge in [0, 0.05) is 25.6 Å². The fourth-order valence-electron chi connectivity index (χ4n) is 3.80. The lowest BCUT2D eigenvalue weighted by molar-refractivity contribution is -0.131. The standard InChI is InChI=1S/C18H32N2O3/c1-12(2)8-16(21)10-19-18(23)14-9-17(22)20(11-14)15-6-4-13(3)5-7-15/h12-16,21H,4-11H2,1-3H3,(H,19,23). The lowest BCUT2D eigenvalue weighted by atomic mass is 9.87. The third-order valence-electron chi connectivity index (χ3n) is 5.21. The molecule has 0 radical (unpaired) electrons. The maximum atomic E-state index is 12.3. The van der Waals surface area contributed by atoms with Crippen molar-refractivity contribution in [3.8, 4) is 0 Å². The highest BCUT2D eigenvalue weighted by Gasteiger charge is 2.38. The molecule has 5 heteroatoms. The average molecular weight is 324 g/mol. The van der Waals surface area contributed by atoms with Gasteiger partial charge in [-0.05, 0) is 43.9 Å². The van der Waals surface area contributed by atoms with Crippen molar-refractivity contribution in [2.45, 2.75) is 71.4 Å². The number of nitrogens with one attached hydrogen (secondary N) is 1. The highest BCUT2D eigenvalue weighted by atomic mass is 16.3. The van der Waals surface area contributed by atoms with Crippen LogP contribution in [0.1, 0.15) is 59.3 Å². The Morgan fingerprint density at radius 2 is 1.96 bits per heavy atom. The Hall–Kier alpha value is -1.10. The number of aliphatic hydroxyl groups is 1. The predicted molar refractivity (Wildman–Crippen MR) is 89.7 cm³/mol. The smallest absolute Gasteiger partial charge is 0.225 e. The van der Waals surface area contributed by atoms with Crippen molar-refractivity contribution in [1.29, 1.82) is 0 Å². The van der Waals surface area contributed by atoms with Gasteiger partial charge in [0.25, 0.3) is 0 Å². The molecule has 2 N–H and O–H groups in total. The van der Waals surface area contributed by atoms with Crippen LogP contribution in [-0.4, -0.2) is 47.1 Å². The second kappa shape index (κ2) is 8.13. The minimum atomic E-state index is -0.507. The summed E-state index contributed by atoms with van der Waals surface area (Å²) >= 11 is 0. The number of amides is 2. The minimum absolute atomic E-state index is 0.0900. The van der Waals surface area contributed by atoms with Gasteiger partial charge in [-0.1, -0.05) is 20.8 Å². The summed E-state index contributed by atoms with van der Waals surface area (Å²) < 4.78 is 0. The van der Waals surface area contributed by atoms with E-state index in [-0.39, 0.29) is 24.3 Å². The van der Waals surface area contributed by atoms with Crippen LogP contribution >= 0.6 is 0 Å². The third-order valence-corrected chi connectivity index (χ3v) is 5.21. The average Bonchev–Trinajstić information content (AvgIpc) is 2.87. The largest absolute Gasteiger partial charge is 0.391 e. The summed E-state index contributed by atoms with van der Waals surface area (Å²) in [5.74, 6) is 0.929. The third kappa shape index (κ3) is 5.20. The Morgan fingerprint density at radius 1 is 1.30 bits per heavy atom. The number of carbonyl (C=O) groups is 2. The summed E-state index contributed by atoms with van der Waals surface area (Å²) in [4.78, 5) is 26.4. The molecule has 1 saturated heterocycles. The Balaban J connectivity index is 1.78. The first kappa shape index (κ1) is 18.2. The molecule has 2 unspecified atom stereocenters. The Morgan fingerprint density at radius 3 is 2.57 bits per heavy atom. The maximum Gasteiger partial charge on any atom is 0.225 e. The van der Waals surface area contributed by atoms with Crippen molar-refractivity contribution >= 4 is 11.8 Å². The second-order valence-electron chi connectivity index (χ2n) is 7.89. The quantitative estimate of drug-likeness (QED) is 0.784. The van der Waals surface area contributed by atoms with Crippen LogP contribution in [0.4, 0.5) is 0 Å². The number of hydrogen-bond acceptors (Lipinski definition) is 3. The molecule has 23 heavy (non-hydrogen) atoms. The SMILES string of the molecule is CC(C)CC(O)CNC(=O)C1CC(=O)N(C2CCC(C)CC2)C1. The van der Waals surface area contributed by atoms with Crippen molar-refractivity contribution in [3.63, 3.8) is 0 Å². The highest BCUT2D eigenvalue weighted by Crippen LogP contribution is 2.31. The second-order valence-corrected chi connectivity index (χ2v) is 7.89. The molecule has 132 valence electrons. The number of likely N-dealkylation sites (tertiary alicyclic amines) is 1. The topological polar surface area (TPSA) is 69.6 Å². The molecule has 5 nitrogen and oxygen atoms in total. The minimum Gasteiger partial charge on any atom is -0.391 e. The number of aliphatic hydroxyl groups excluding tert-OH is 1. The van der Waals surface area contributed by atoms with Crippen LogP contribution in [-0.2, 0) is 9.59 Å². The van der Waals surface area contributed by atoms with Crippen molar-refractivity contribution in [1.82, 2.24) is 10.2 Å². The van der Waals surface area contributed by atoms with Gasteiger partial charge < -0.3 is 15.3 Å². The zero-order valence-corrected chi connectivity index (χ0v) is 14.8. The molecule has 2 atom stereocenters. The zero-order chi connectivity index (χ0) is 17.0. The number of rotatable bonds is 6. The van der Waals surface area contributed by atoms with E-state index in [1.54, 1.807) is 0 Å². The summed E-state index contributed by atoms with van der Waals surface area (Å²) in [5.41, 5.74) is 0. The summed E-state index contributed by atoms with van der Waals surface area (Å²) in [6.45, 7) is 7.18. The Labute approximate surface area is 139 Å². The van der Waals surface area contributed by atoms with Gasteiger partial charge in [-0.15, -0.1) is 0 Å². The van der Waals surface area contributed by atoms with Gasteiger partial charge in [0.1, 0.15) is 0 Å². The molecule has 2 rings (SSSR count). The lowest BCUT2D eigenvalue weighted by Crippen LogP contribution is -2.41. The molecule has 2 aliphatic rings. The molecule has 1 aliphatic carbocycles. The molecular weight excluding hydrogens is 292 g/mol. The van der Waals surface area contributed by atoms with Gasteiger partial charge in [-0.2, -0.15) is 0 Å². The molecule has 0 bridgehead atoms. The molecule has 0 aromatic rings. The van der Waals surface area contributed by atoms with E-state index in [4.69, 9.17) is 0 Å². The van der Waals surface area contributed by atoms with Crippen LogP contribution in [0.2, 0.25) is 0 Å². The van der Waals surface area contributed by atoms with Gasteiger partial charge in [-0.3, -0.25) is 9.59 Å². The van der Waals surface area contributed by atoms with E-state index < -0.39 is 6.10 Å². The van der Waals surface area contributed by atoms with Gasteiger partial charge in [-0.25, -0.2) is 0 Å². The fraction of sp³-hybridized carbons (Fsp3) is 0.889. The summed E-state index contributed by atoms with van der Waals surface area (Å²) in [5, 5.41) is 12.7. The monoisotopic (exact) mass is 324 g/mol. The Bertz CT molecular complexity index is 416. The summed E-state index contributed by atoms with van der Waals surface area (Å²) in [6.07, 6.45) is 4.96. The van der Waals surface area contributed by atoms with Gasteiger partial charge in [0.2, 0.25) is 11.8 Å². The molecule has 1 aliphatic heterocycles. The zero-order valence-electron chi connectivity index (χ0n) is 14.8. The summed E-state index contributed by atoms with van der Waals surface area (Å²) in [7, 11) is 0. The van der Waals surface area contributed by atoms with Gasteiger partial charge in [0.05, 0.1) is 12.0 Å². The van der Waals surface area contributed by atoms with E-state index in [0.717, 1.165) is 18.8 Å². The fourth-order valence-corrected chi connectivity index (χ4v) is 3.80. The van der Waals surface area contributed by atoms with Crippen molar-refractivity contribution in [2.24, 2.45) is 17.8 Å². The molecule has 0 spiro atoms. The normalized spacial score (nSPS) is 29.9. The van der Waals surface area contributed by atoms with Crippen LogP contribution in [0, 0.1) is 17.8 Å². The molecule has 0 aromatic heterocycles. The first-order valence-electron chi connectivity index (χ1n) is 9.12. The molecular formula is C18H32N2O3. The first-order valence-corrected chi connectivity index (χ1v) is 9.12. The van der Waals surface area contributed by atoms with Crippen molar-refractivity contribution in [3.05, 3.63) is 0 Å². The number of nitrogens with zero attached hydrogens (tertiary/aromatic N) is 1. The van der Waals surface area contributed by atoms with E-state index in [1.165, 1.54) is 12.8 Å². The lowest BCUT2D eigenvalue weighted by Gasteiger charge is -2.33.